The zero-order valence-electron chi connectivity index (χ0n) is 33.0. The third-order valence-electron chi connectivity index (χ3n) is 8.70. The number of hydrogen-bond donors (Lipinski definition) is 1. The molecule has 0 bridgehead atoms. The van der Waals surface area contributed by atoms with Gasteiger partial charge in [0.05, 0.1) is 7.11 Å². The molecular formula is C44H58N2O9. The second-order valence-electron chi connectivity index (χ2n) is 13.1. The maximum absolute atomic E-state index is 12.4. The molecule has 0 aliphatic rings. The molecule has 0 saturated heterocycles. The molecule has 11 nitrogen and oxygen atoms in total. The van der Waals surface area contributed by atoms with Crippen LogP contribution >= 0.6 is 0 Å². The lowest BCUT2D eigenvalue weighted by molar-refractivity contribution is -0.763. The number of esters is 2. The second-order valence-corrected chi connectivity index (χ2v) is 13.1. The molecule has 0 aromatic heterocycles. The topological polar surface area (TPSA) is 143 Å². The Morgan fingerprint density at radius 3 is 2.33 bits per heavy atom. The van der Waals surface area contributed by atoms with E-state index in [4.69, 9.17) is 14.2 Å². The zero-order valence-corrected chi connectivity index (χ0v) is 33.0. The average Bonchev–Trinajstić information content (AvgIpc) is 3.18. The summed E-state index contributed by atoms with van der Waals surface area (Å²) in [5, 5.41) is 12.0. The van der Waals surface area contributed by atoms with E-state index in [1.54, 1.807) is 24.3 Å². The molecule has 55 heavy (non-hydrogen) atoms. The Bertz CT molecular complexity index is 1660. The molecule has 0 aliphatic heterocycles. The summed E-state index contributed by atoms with van der Waals surface area (Å²) < 4.78 is 15.9. The third kappa shape index (κ3) is 20.0. The van der Waals surface area contributed by atoms with E-state index in [0.717, 1.165) is 12.3 Å². The number of methoxy groups -OCH3 is 1. The Morgan fingerprint density at radius 2 is 1.64 bits per heavy atom. The average molecular weight is 759 g/mol. The van der Waals surface area contributed by atoms with Crippen LogP contribution in [0.5, 0.6) is 17.2 Å². The highest BCUT2D eigenvalue weighted by molar-refractivity contribution is 5.89. The summed E-state index contributed by atoms with van der Waals surface area (Å²) in [6, 6.07) is 20.8. The first-order valence-electron chi connectivity index (χ1n) is 19.2. The van der Waals surface area contributed by atoms with Crippen LogP contribution in [-0.2, 0) is 32.2 Å². The van der Waals surface area contributed by atoms with E-state index in [9.17, 15) is 24.5 Å². The standard InChI is InChI=1S/C27H30N2O9.C17H28/c1-4-5-6-7-11-25(30)28-19(2)27(32)38-23-14-12-20(17-24(23)35-3)13-15-26(31)37-22-10-8-9-21(16-22)18-36-29(33)34;1-3-11-16(4-2)12-7-5-8-13-17-14-9-6-10-15-17/h4-5,8-10,12-17,19H,6-7,11,18H2,1-3H3,(H,28,30);6,9-10,14-16H,3-5,7-8,11-13H2,1-2H3/b5-4-,15-13+;. The van der Waals surface area contributed by atoms with E-state index >= 15 is 0 Å². The summed E-state index contributed by atoms with van der Waals surface area (Å²) in [7, 11) is 1.40. The second kappa shape index (κ2) is 27.2. The van der Waals surface area contributed by atoms with Gasteiger partial charge in [-0.1, -0.05) is 113 Å². The van der Waals surface area contributed by atoms with Crippen molar-refractivity contribution in [1.82, 2.24) is 5.32 Å². The van der Waals surface area contributed by atoms with Crippen molar-refractivity contribution in [3.05, 3.63) is 118 Å². The van der Waals surface area contributed by atoms with Crippen LogP contribution in [0.3, 0.4) is 0 Å². The van der Waals surface area contributed by atoms with E-state index < -0.39 is 23.1 Å². The zero-order chi connectivity index (χ0) is 40.3. The summed E-state index contributed by atoms with van der Waals surface area (Å²) >= 11 is 0. The number of benzene rings is 3. The van der Waals surface area contributed by atoms with Gasteiger partial charge in [0, 0.05) is 12.5 Å². The number of hydrogen-bond acceptors (Lipinski definition) is 9. The molecule has 0 fully saturated rings. The fourth-order valence-corrected chi connectivity index (χ4v) is 5.67. The summed E-state index contributed by atoms with van der Waals surface area (Å²) in [5.41, 5.74) is 2.52. The largest absolute Gasteiger partial charge is 0.493 e. The Kier molecular flexibility index (Phi) is 22.6. The quantitative estimate of drug-likeness (QED) is 0.0190. The van der Waals surface area contributed by atoms with Gasteiger partial charge in [-0.2, -0.15) is 0 Å². The van der Waals surface area contributed by atoms with Crippen molar-refractivity contribution in [2.75, 3.05) is 7.11 Å². The highest BCUT2D eigenvalue weighted by Crippen LogP contribution is 2.29. The molecule has 2 unspecified atom stereocenters. The van der Waals surface area contributed by atoms with Crippen LogP contribution < -0.4 is 19.5 Å². The summed E-state index contributed by atoms with van der Waals surface area (Å²) in [5.74, 6) is 0.0110. The van der Waals surface area contributed by atoms with Gasteiger partial charge >= 0.3 is 11.9 Å². The molecule has 0 heterocycles. The molecule has 0 aliphatic carbocycles. The molecule has 298 valence electrons. The summed E-state index contributed by atoms with van der Waals surface area (Å²) in [6.45, 7) is 7.81. The maximum atomic E-state index is 12.4. The first-order chi connectivity index (χ1) is 26.6. The minimum absolute atomic E-state index is 0.153. The number of unbranched alkanes of at least 4 members (excludes halogenated alkanes) is 3. The molecule has 3 aromatic rings. The lowest BCUT2D eigenvalue weighted by atomic mass is 9.93. The number of carbonyl (C=O) groups excluding carboxylic acids is 3. The van der Waals surface area contributed by atoms with Gasteiger partial charge in [-0.05, 0) is 92.5 Å². The highest BCUT2D eigenvalue weighted by atomic mass is 16.9. The van der Waals surface area contributed by atoms with Crippen LogP contribution in [0.1, 0.15) is 109 Å². The molecule has 0 spiro atoms. The Morgan fingerprint density at radius 1 is 0.873 bits per heavy atom. The highest BCUT2D eigenvalue weighted by Gasteiger charge is 2.19. The minimum atomic E-state index is -0.908. The number of ether oxygens (including phenoxy) is 3. The summed E-state index contributed by atoms with van der Waals surface area (Å²) in [4.78, 5) is 51.3. The van der Waals surface area contributed by atoms with Gasteiger partial charge in [0.25, 0.3) is 5.09 Å². The normalized spacial score (nSPS) is 11.9. The number of nitrogens with one attached hydrogen (secondary N) is 1. The Labute approximate surface area is 326 Å². The lowest BCUT2D eigenvalue weighted by Gasteiger charge is -2.15. The third-order valence-corrected chi connectivity index (χ3v) is 8.70. The smallest absolute Gasteiger partial charge is 0.336 e. The Hall–Kier alpha value is -5.45. The van der Waals surface area contributed by atoms with Crippen molar-refractivity contribution in [2.24, 2.45) is 5.92 Å². The maximum Gasteiger partial charge on any atom is 0.336 e. The number of carbonyl (C=O) groups is 3. The van der Waals surface area contributed by atoms with Gasteiger partial charge in [-0.3, -0.25) is 4.79 Å². The van der Waals surface area contributed by atoms with E-state index in [2.05, 4.69) is 54.3 Å². The van der Waals surface area contributed by atoms with Gasteiger partial charge in [-0.25, -0.2) is 9.59 Å². The van der Waals surface area contributed by atoms with E-state index in [-0.39, 0.29) is 29.8 Å². The van der Waals surface area contributed by atoms with Crippen molar-refractivity contribution < 1.29 is 38.5 Å². The molecule has 11 heteroatoms. The fourth-order valence-electron chi connectivity index (χ4n) is 5.67. The number of allylic oxidation sites excluding steroid dienone is 2. The molecule has 0 radical (unpaired) electrons. The van der Waals surface area contributed by atoms with E-state index in [0.29, 0.717) is 24.0 Å². The van der Waals surface area contributed by atoms with E-state index in [1.807, 2.05) is 19.1 Å². The predicted molar refractivity (Wildman–Crippen MR) is 215 cm³/mol. The number of aryl methyl sites for hydroxylation is 1. The van der Waals surface area contributed by atoms with Crippen molar-refractivity contribution in [1.29, 1.82) is 0 Å². The van der Waals surface area contributed by atoms with Crippen LogP contribution in [0.2, 0.25) is 0 Å². The van der Waals surface area contributed by atoms with Crippen molar-refractivity contribution in [3.8, 4) is 17.2 Å². The van der Waals surface area contributed by atoms with Crippen LogP contribution in [0, 0.1) is 16.0 Å². The fraction of sp³-hybridized carbons (Fsp3) is 0.432. The van der Waals surface area contributed by atoms with Crippen LogP contribution in [0.4, 0.5) is 0 Å². The van der Waals surface area contributed by atoms with E-state index in [1.165, 1.54) is 101 Å². The van der Waals surface area contributed by atoms with Gasteiger partial charge < -0.3 is 24.4 Å². The van der Waals surface area contributed by atoms with Gasteiger partial charge in [0.1, 0.15) is 18.4 Å². The van der Waals surface area contributed by atoms with Gasteiger partial charge in [0.2, 0.25) is 5.91 Å². The molecule has 1 amide bonds. The number of nitrogens with zero attached hydrogens (tertiary/aromatic N) is 1. The molecule has 0 saturated carbocycles. The number of amides is 1. The van der Waals surface area contributed by atoms with Crippen LogP contribution in [0.15, 0.2) is 91.0 Å². The molecule has 1 N–H and O–H groups in total. The molecular weight excluding hydrogens is 700 g/mol. The molecule has 3 aromatic carbocycles. The monoisotopic (exact) mass is 758 g/mol. The molecule has 3 rings (SSSR count). The van der Waals surface area contributed by atoms with Gasteiger partial charge in [0.15, 0.2) is 11.5 Å². The SMILES string of the molecule is C/C=C\CCCC(=O)NC(C)C(=O)Oc1ccc(/C=C/C(=O)Oc2cccc(CO[N+](=O)[O-])c2)cc1OC.CCCC(CC)CCCCCc1ccccc1. The lowest BCUT2D eigenvalue weighted by Crippen LogP contribution is -2.40. The van der Waals surface area contributed by atoms with Crippen molar-refractivity contribution >= 4 is 23.9 Å². The van der Waals surface area contributed by atoms with Gasteiger partial charge in [-0.15, -0.1) is 10.1 Å². The van der Waals surface area contributed by atoms with Crippen molar-refractivity contribution in [2.45, 2.75) is 111 Å². The molecule has 2 atom stereocenters. The predicted octanol–water partition coefficient (Wildman–Crippen LogP) is 9.79. The van der Waals surface area contributed by atoms with Crippen molar-refractivity contribution in [3.63, 3.8) is 0 Å². The minimum Gasteiger partial charge on any atom is -0.493 e. The Balaban J connectivity index is 0.000000512. The van der Waals surface area contributed by atoms with Crippen LogP contribution in [-0.4, -0.2) is 36.1 Å². The van der Waals surface area contributed by atoms with Crippen LogP contribution in [0.25, 0.3) is 6.08 Å². The first-order valence-corrected chi connectivity index (χ1v) is 19.2. The number of rotatable bonds is 23. The summed E-state index contributed by atoms with van der Waals surface area (Å²) in [6.07, 6.45) is 19.3. The first kappa shape index (κ1) is 45.7.